The van der Waals surface area contributed by atoms with Gasteiger partial charge in [0.2, 0.25) is 5.91 Å². The van der Waals surface area contributed by atoms with Crippen molar-refractivity contribution in [2.75, 3.05) is 32.1 Å². The van der Waals surface area contributed by atoms with Crippen molar-refractivity contribution in [3.8, 4) is 5.75 Å². The molecular formula is C15H22N2O2. The zero-order valence-corrected chi connectivity index (χ0v) is 11.7. The van der Waals surface area contributed by atoms with Crippen LogP contribution in [0.25, 0.3) is 0 Å². The third-order valence-electron chi connectivity index (χ3n) is 3.52. The third kappa shape index (κ3) is 3.88. The second-order valence-electron chi connectivity index (χ2n) is 5.17. The lowest BCUT2D eigenvalue weighted by atomic mass is 10.0. The number of piperidine rings is 1. The monoisotopic (exact) mass is 262 g/mol. The molecule has 1 aromatic carbocycles. The predicted octanol–water partition coefficient (Wildman–Crippen LogP) is 2.37. The van der Waals surface area contributed by atoms with Gasteiger partial charge in [0.15, 0.2) is 0 Å². The van der Waals surface area contributed by atoms with Crippen molar-refractivity contribution in [2.45, 2.75) is 19.8 Å². The van der Waals surface area contributed by atoms with Gasteiger partial charge < -0.3 is 15.0 Å². The van der Waals surface area contributed by atoms with Crippen molar-refractivity contribution in [3.05, 3.63) is 24.3 Å². The molecule has 2 rings (SSSR count). The minimum Gasteiger partial charge on any atom is -0.497 e. The van der Waals surface area contributed by atoms with E-state index < -0.39 is 0 Å². The molecule has 1 aromatic rings. The molecule has 1 unspecified atom stereocenters. The summed E-state index contributed by atoms with van der Waals surface area (Å²) >= 11 is 0. The van der Waals surface area contributed by atoms with Gasteiger partial charge >= 0.3 is 0 Å². The number of carbonyl (C=O) groups excluding carboxylic acids is 1. The van der Waals surface area contributed by atoms with Crippen molar-refractivity contribution in [1.82, 2.24) is 4.90 Å². The summed E-state index contributed by atoms with van der Waals surface area (Å²) < 4.78 is 5.16. The van der Waals surface area contributed by atoms with E-state index in [2.05, 4.69) is 12.2 Å². The number of nitrogens with one attached hydrogen (secondary N) is 1. The van der Waals surface area contributed by atoms with Crippen LogP contribution in [0.3, 0.4) is 0 Å². The number of benzene rings is 1. The van der Waals surface area contributed by atoms with E-state index in [9.17, 15) is 4.79 Å². The second-order valence-corrected chi connectivity index (χ2v) is 5.17. The highest BCUT2D eigenvalue weighted by Crippen LogP contribution is 2.18. The molecule has 19 heavy (non-hydrogen) atoms. The average Bonchev–Trinajstić information content (AvgIpc) is 2.45. The Balaban J connectivity index is 1.85. The maximum Gasteiger partial charge on any atom is 0.241 e. The van der Waals surface area contributed by atoms with E-state index in [0.717, 1.165) is 30.9 Å². The van der Waals surface area contributed by atoms with Crippen LogP contribution in [0.2, 0.25) is 0 Å². The number of rotatable bonds is 4. The van der Waals surface area contributed by atoms with Gasteiger partial charge in [-0.3, -0.25) is 4.79 Å². The summed E-state index contributed by atoms with van der Waals surface area (Å²) in [7, 11) is 1.64. The molecule has 0 spiro atoms. The van der Waals surface area contributed by atoms with Crippen LogP contribution >= 0.6 is 0 Å². The number of ether oxygens (including phenoxy) is 1. The molecule has 0 aliphatic carbocycles. The SMILES string of the molecule is COc1cccc(NCC(=O)N2CCCC(C)C2)c1. The van der Waals surface area contributed by atoms with Crippen molar-refractivity contribution in [2.24, 2.45) is 5.92 Å². The number of hydrogen-bond acceptors (Lipinski definition) is 3. The lowest BCUT2D eigenvalue weighted by molar-refractivity contribution is -0.130. The van der Waals surface area contributed by atoms with Crippen LogP contribution in [0.5, 0.6) is 5.75 Å². The van der Waals surface area contributed by atoms with E-state index in [4.69, 9.17) is 4.74 Å². The number of anilines is 1. The lowest BCUT2D eigenvalue weighted by Gasteiger charge is -2.31. The van der Waals surface area contributed by atoms with Gasteiger partial charge in [-0.1, -0.05) is 13.0 Å². The van der Waals surface area contributed by atoms with Gasteiger partial charge in [-0.15, -0.1) is 0 Å². The Morgan fingerprint density at radius 2 is 2.37 bits per heavy atom. The molecule has 1 fully saturated rings. The molecule has 0 saturated carbocycles. The molecule has 1 aliphatic rings. The molecule has 104 valence electrons. The number of nitrogens with zero attached hydrogens (tertiary/aromatic N) is 1. The fraction of sp³-hybridized carbons (Fsp3) is 0.533. The molecule has 1 heterocycles. The summed E-state index contributed by atoms with van der Waals surface area (Å²) in [5.41, 5.74) is 0.915. The first-order valence-electron chi connectivity index (χ1n) is 6.84. The number of methoxy groups -OCH3 is 1. The van der Waals surface area contributed by atoms with Gasteiger partial charge in [0.25, 0.3) is 0 Å². The van der Waals surface area contributed by atoms with Crippen LogP contribution < -0.4 is 10.1 Å². The maximum atomic E-state index is 12.1. The number of amides is 1. The zero-order chi connectivity index (χ0) is 13.7. The molecule has 4 nitrogen and oxygen atoms in total. The summed E-state index contributed by atoms with van der Waals surface area (Å²) in [6.07, 6.45) is 2.35. The molecule has 4 heteroatoms. The molecule has 1 saturated heterocycles. The van der Waals surface area contributed by atoms with Gasteiger partial charge in [0.1, 0.15) is 5.75 Å². The van der Waals surface area contributed by atoms with Crippen molar-refractivity contribution >= 4 is 11.6 Å². The van der Waals surface area contributed by atoms with E-state index in [1.807, 2.05) is 29.2 Å². The molecule has 1 N–H and O–H groups in total. The molecule has 0 bridgehead atoms. The Labute approximate surface area is 114 Å². The van der Waals surface area contributed by atoms with Crippen LogP contribution in [0.1, 0.15) is 19.8 Å². The van der Waals surface area contributed by atoms with Gasteiger partial charge in [-0.25, -0.2) is 0 Å². The molecule has 0 aromatic heterocycles. The van der Waals surface area contributed by atoms with Crippen LogP contribution in [-0.2, 0) is 4.79 Å². The Morgan fingerprint density at radius 3 is 3.11 bits per heavy atom. The lowest BCUT2D eigenvalue weighted by Crippen LogP contribution is -2.41. The first kappa shape index (κ1) is 13.7. The Bertz CT molecular complexity index is 434. The Morgan fingerprint density at radius 1 is 1.53 bits per heavy atom. The van der Waals surface area contributed by atoms with Crippen LogP contribution in [0.15, 0.2) is 24.3 Å². The highest BCUT2D eigenvalue weighted by Gasteiger charge is 2.20. The van der Waals surface area contributed by atoms with Crippen LogP contribution in [0.4, 0.5) is 5.69 Å². The van der Waals surface area contributed by atoms with Crippen LogP contribution in [-0.4, -0.2) is 37.6 Å². The average molecular weight is 262 g/mol. The summed E-state index contributed by atoms with van der Waals surface area (Å²) in [4.78, 5) is 14.1. The van der Waals surface area contributed by atoms with Gasteiger partial charge in [0, 0.05) is 24.8 Å². The van der Waals surface area contributed by atoms with E-state index in [0.29, 0.717) is 12.5 Å². The summed E-state index contributed by atoms with van der Waals surface area (Å²) in [6.45, 7) is 4.33. The topological polar surface area (TPSA) is 41.6 Å². The minimum absolute atomic E-state index is 0.175. The fourth-order valence-corrected chi connectivity index (χ4v) is 2.44. The smallest absolute Gasteiger partial charge is 0.241 e. The molecule has 1 amide bonds. The summed E-state index contributed by atoms with van der Waals surface area (Å²) in [5, 5.41) is 3.16. The largest absolute Gasteiger partial charge is 0.497 e. The van der Waals surface area contributed by atoms with E-state index in [1.165, 1.54) is 6.42 Å². The van der Waals surface area contributed by atoms with Crippen molar-refractivity contribution in [1.29, 1.82) is 0 Å². The first-order valence-corrected chi connectivity index (χ1v) is 6.84. The highest BCUT2D eigenvalue weighted by molar-refractivity contribution is 5.81. The van der Waals surface area contributed by atoms with Gasteiger partial charge in [0.05, 0.1) is 13.7 Å². The zero-order valence-electron chi connectivity index (χ0n) is 11.7. The third-order valence-corrected chi connectivity index (χ3v) is 3.52. The van der Waals surface area contributed by atoms with Crippen molar-refractivity contribution < 1.29 is 9.53 Å². The molecular weight excluding hydrogens is 240 g/mol. The Kier molecular flexibility index (Phi) is 4.66. The number of carbonyl (C=O) groups is 1. The van der Waals surface area contributed by atoms with Gasteiger partial charge in [-0.05, 0) is 30.9 Å². The maximum absolute atomic E-state index is 12.1. The minimum atomic E-state index is 0.175. The standard InChI is InChI=1S/C15H22N2O2/c1-12-5-4-8-17(11-12)15(18)10-16-13-6-3-7-14(9-13)19-2/h3,6-7,9,12,16H,4-5,8,10-11H2,1-2H3. The van der Waals surface area contributed by atoms with E-state index in [1.54, 1.807) is 7.11 Å². The second kappa shape index (κ2) is 6.45. The fourth-order valence-electron chi connectivity index (χ4n) is 2.44. The van der Waals surface area contributed by atoms with E-state index >= 15 is 0 Å². The van der Waals surface area contributed by atoms with Crippen LogP contribution in [0, 0.1) is 5.92 Å². The highest BCUT2D eigenvalue weighted by atomic mass is 16.5. The first-order chi connectivity index (χ1) is 9.19. The Hall–Kier alpha value is -1.71. The summed E-state index contributed by atoms with van der Waals surface area (Å²) in [6, 6.07) is 7.63. The normalized spacial score (nSPS) is 19.1. The van der Waals surface area contributed by atoms with Crippen molar-refractivity contribution in [3.63, 3.8) is 0 Å². The predicted molar refractivity (Wildman–Crippen MR) is 76.5 cm³/mol. The number of hydrogen-bond donors (Lipinski definition) is 1. The molecule has 0 radical (unpaired) electrons. The van der Waals surface area contributed by atoms with Gasteiger partial charge in [-0.2, -0.15) is 0 Å². The quantitative estimate of drug-likeness (QED) is 0.905. The number of likely N-dealkylation sites (tertiary alicyclic amines) is 1. The van der Waals surface area contributed by atoms with E-state index in [-0.39, 0.29) is 5.91 Å². The summed E-state index contributed by atoms with van der Waals surface area (Å²) in [5.74, 6) is 1.59. The molecule has 1 aliphatic heterocycles. The molecule has 1 atom stereocenters.